The molecule has 3 rings (SSSR count). The molecule has 2 aromatic rings. The molecule has 0 spiro atoms. The summed E-state index contributed by atoms with van der Waals surface area (Å²) in [6.45, 7) is 0. The SMILES string of the molecule is COc1ccc(Oc2ccc3c(c2)CCC3N(O)C(N)=O)cc1F. The molecule has 1 aliphatic carbocycles. The number of fused-ring (bicyclic) bond motifs is 1. The Hall–Kier alpha value is -2.80. The summed E-state index contributed by atoms with van der Waals surface area (Å²) in [6, 6.07) is 8.30. The van der Waals surface area contributed by atoms with Crippen molar-refractivity contribution in [1.29, 1.82) is 0 Å². The van der Waals surface area contributed by atoms with E-state index in [1.807, 2.05) is 6.07 Å². The fourth-order valence-electron chi connectivity index (χ4n) is 2.89. The molecular formula is C17H17FN2O4. The Kier molecular flexibility index (Phi) is 4.26. The van der Waals surface area contributed by atoms with E-state index >= 15 is 0 Å². The molecule has 126 valence electrons. The lowest BCUT2D eigenvalue weighted by Gasteiger charge is -2.20. The van der Waals surface area contributed by atoms with Gasteiger partial charge < -0.3 is 15.2 Å². The minimum absolute atomic E-state index is 0.147. The van der Waals surface area contributed by atoms with Crippen LogP contribution in [0, 0.1) is 5.82 Å². The van der Waals surface area contributed by atoms with Gasteiger partial charge in [0.25, 0.3) is 0 Å². The van der Waals surface area contributed by atoms with E-state index in [4.69, 9.17) is 15.2 Å². The highest BCUT2D eigenvalue weighted by Gasteiger charge is 2.29. The number of rotatable bonds is 4. The highest BCUT2D eigenvalue weighted by molar-refractivity contribution is 5.71. The Bertz CT molecular complexity index is 781. The Labute approximate surface area is 138 Å². The number of nitrogens with zero attached hydrogens (tertiary/aromatic N) is 1. The molecule has 6 nitrogen and oxygen atoms in total. The molecule has 1 unspecified atom stereocenters. The summed E-state index contributed by atoms with van der Waals surface area (Å²) in [7, 11) is 1.40. The summed E-state index contributed by atoms with van der Waals surface area (Å²) in [5.41, 5.74) is 6.88. The maximum absolute atomic E-state index is 13.7. The predicted molar refractivity (Wildman–Crippen MR) is 83.7 cm³/mol. The van der Waals surface area contributed by atoms with Crippen molar-refractivity contribution in [2.45, 2.75) is 18.9 Å². The van der Waals surface area contributed by atoms with Gasteiger partial charge in [0.15, 0.2) is 11.6 Å². The van der Waals surface area contributed by atoms with E-state index in [1.54, 1.807) is 18.2 Å². The lowest BCUT2D eigenvalue weighted by atomic mass is 10.1. The molecule has 0 saturated carbocycles. The molecule has 0 saturated heterocycles. The van der Waals surface area contributed by atoms with Gasteiger partial charge in [-0.05, 0) is 48.2 Å². The van der Waals surface area contributed by atoms with Crippen molar-refractivity contribution < 1.29 is 23.9 Å². The Morgan fingerprint density at radius 3 is 2.67 bits per heavy atom. The first kappa shape index (κ1) is 16.1. The molecule has 1 aliphatic rings. The number of methoxy groups -OCH3 is 1. The van der Waals surface area contributed by atoms with Crippen molar-refractivity contribution in [3.05, 3.63) is 53.3 Å². The Balaban J connectivity index is 1.80. The zero-order valence-corrected chi connectivity index (χ0v) is 13.0. The molecule has 0 radical (unpaired) electrons. The van der Waals surface area contributed by atoms with Crippen molar-refractivity contribution in [2.75, 3.05) is 7.11 Å². The largest absolute Gasteiger partial charge is 0.494 e. The highest BCUT2D eigenvalue weighted by atomic mass is 19.1. The number of ether oxygens (including phenoxy) is 2. The zero-order chi connectivity index (χ0) is 17.3. The van der Waals surface area contributed by atoms with Gasteiger partial charge in [-0.15, -0.1) is 0 Å². The van der Waals surface area contributed by atoms with Gasteiger partial charge >= 0.3 is 6.03 Å². The number of urea groups is 1. The van der Waals surface area contributed by atoms with Crippen molar-refractivity contribution in [1.82, 2.24) is 5.06 Å². The van der Waals surface area contributed by atoms with Crippen LogP contribution >= 0.6 is 0 Å². The number of nitrogens with two attached hydrogens (primary N) is 1. The van der Waals surface area contributed by atoms with Gasteiger partial charge in [0.2, 0.25) is 0 Å². The van der Waals surface area contributed by atoms with Gasteiger partial charge in [-0.3, -0.25) is 5.21 Å². The second-order valence-corrected chi connectivity index (χ2v) is 5.50. The number of carbonyl (C=O) groups is 1. The number of benzene rings is 2. The summed E-state index contributed by atoms with van der Waals surface area (Å²) in [5, 5.41) is 10.3. The topological polar surface area (TPSA) is 85.0 Å². The lowest BCUT2D eigenvalue weighted by Crippen LogP contribution is -2.35. The second-order valence-electron chi connectivity index (χ2n) is 5.50. The maximum atomic E-state index is 13.7. The zero-order valence-electron chi connectivity index (χ0n) is 13.0. The van der Waals surface area contributed by atoms with E-state index in [0.29, 0.717) is 29.4 Å². The first-order chi connectivity index (χ1) is 11.5. The summed E-state index contributed by atoms with van der Waals surface area (Å²) in [4.78, 5) is 11.1. The number of hydrogen-bond acceptors (Lipinski definition) is 4. The summed E-state index contributed by atoms with van der Waals surface area (Å²) < 4.78 is 24.2. The highest BCUT2D eigenvalue weighted by Crippen LogP contribution is 2.37. The van der Waals surface area contributed by atoms with Crippen LogP contribution < -0.4 is 15.2 Å². The van der Waals surface area contributed by atoms with Crippen molar-refractivity contribution in [3.63, 3.8) is 0 Å². The molecule has 0 bridgehead atoms. The van der Waals surface area contributed by atoms with Crippen LogP contribution in [0.4, 0.5) is 9.18 Å². The number of primary amides is 1. The normalized spacial score (nSPS) is 15.7. The molecule has 0 aliphatic heterocycles. The monoisotopic (exact) mass is 332 g/mol. The summed E-state index contributed by atoms with van der Waals surface area (Å²) in [6.07, 6.45) is 1.26. The minimum atomic E-state index is -0.887. The van der Waals surface area contributed by atoms with Crippen LogP contribution in [0.3, 0.4) is 0 Å². The van der Waals surface area contributed by atoms with Crippen LogP contribution in [0.5, 0.6) is 17.2 Å². The van der Waals surface area contributed by atoms with Crippen LogP contribution in [-0.2, 0) is 6.42 Å². The number of hydrogen-bond donors (Lipinski definition) is 2. The predicted octanol–water partition coefficient (Wildman–Crippen LogP) is 3.38. The van der Waals surface area contributed by atoms with Gasteiger partial charge in [-0.1, -0.05) is 6.07 Å². The second kappa shape index (κ2) is 6.37. The molecule has 3 N–H and O–H groups in total. The average Bonchev–Trinajstić information content (AvgIpc) is 2.97. The lowest BCUT2D eigenvalue weighted by molar-refractivity contribution is -0.0757. The van der Waals surface area contributed by atoms with E-state index in [9.17, 15) is 14.4 Å². The minimum Gasteiger partial charge on any atom is -0.494 e. The molecule has 0 aromatic heterocycles. The first-order valence-corrected chi connectivity index (χ1v) is 7.41. The molecule has 0 fully saturated rings. The maximum Gasteiger partial charge on any atom is 0.339 e. The van der Waals surface area contributed by atoms with Crippen LogP contribution in [0.25, 0.3) is 0 Å². The Morgan fingerprint density at radius 2 is 2.00 bits per heavy atom. The molecule has 24 heavy (non-hydrogen) atoms. The van der Waals surface area contributed by atoms with E-state index in [0.717, 1.165) is 11.1 Å². The summed E-state index contributed by atoms with van der Waals surface area (Å²) >= 11 is 0. The molecule has 1 atom stereocenters. The van der Waals surface area contributed by atoms with Gasteiger partial charge in [-0.25, -0.2) is 9.18 Å². The van der Waals surface area contributed by atoms with Crippen molar-refractivity contribution in [2.24, 2.45) is 5.73 Å². The van der Waals surface area contributed by atoms with Crippen molar-refractivity contribution >= 4 is 6.03 Å². The number of halogens is 1. The summed E-state index contributed by atoms with van der Waals surface area (Å²) in [5.74, 6) is 0.536. The van der Waals surface area contributed by atoms with E-state index in [-0.39, 0.29) is 5.75 Å². The van der Waals surface area contributed by atoms with Crippen LogP contribution in [0.1, 0.15) is 23.6 Å². The third kappa shape index (κ3) is 2.98. The van der Waals surface area contributed by atoms with Gasteiger partial charge in [0.1, 0.15) is 11.5 Å². The molecular weight excluding hydrogens is 315 g/mol. The quantitative estimate of drug-likeness (QED) is 0.664. The third-order valence-corrected chi connectivity index (χ3v) is 4.04. The molecule has 7 heteroatoms. The average molecular weight is 332 g/mol. The van der Waals surface area contributed by atoms with E-state index in [1.165, 1.54) is 19.2 Å². The fourth-order valence-corrected chi connectivity index (χ4v) is 2.89. The van der Waals surface area contributed by atoms with Gasteiger partial charge in [0, 0.05) is 6.07 Å². The standard InChI is InChI=1S/C17H17FN2O4/c1-23-16-7-4-12(9-14(16)18)24-11-3-5-13-10(8-11)2-6-15(13)20(22)17(19)21/h3-5,7-9,15,22H,2,6H2,1H3,(H2,19,21). The Morgan fingerprint density at radius 1 is 1.29 bits per heavy atom. The van der Waals surface area contributed by atoms with E-state index in [2.05, 4.69) is 0 Å². The van der Waals surface area contributed by atoms with E-state index < -0.39 is 17.9 Å². The number of hydroxylamine groups is 2. The third-order valence-electron chi connectivity index (χ3n) is 4.04. The number of aryl methyl sites for hydroxylation is 1. The van der Waals surface area contributed by atoms with Crippen LogP contribution in [-0.4, -0.2) is 23.4 Å². The number of carbonyl (C=O) groups excluding carboxylic acids is 1. The molecule has 2 amide bonds. The van der Waals surface area contributed by atoms with Gasteiger partial charge in [-0.2, -0.15) is 5.06 Å². The molecule has 0 heterocycles. The smallest absolute Gasteiger partial charge is 0.339 e. The van der Waals surface area contributed by atoms with Crippen molar-refractivity contribution in [3.8, 4) is 17.2 Å². The fraction of sp³-hybridized carbons (Fsp3) is 0.235. The van der Waals surface area contributed by atoms with Crippen LogP contribution in [0.15, 0.2) is 36.4 Å². The van der Waals surface area contributed by atoms with Gasteiger partial charge in [0.05, 0.1) is 13.2 Å². The number of amides is 2. The first-order valence-electron chi connectivity index (χ1n) is 7.41. The molecule has 2 aromatic carbocycles. The van der Waals surface area contributed by atoms with Crippen LogP contribution in [0.2, 0.25) is 0 Å².